The zero-order valence-electron chi connectivity index (χ0n) is 14.9. The van der Waals surface area contributed by atoms with Crippen LogP contribution >= 0.6 is 0 Å². The third-order valence-corrected chi connectivity index (χ3v) is 5.42. The van der Waals surface area contributed by atoms with E-state index in [1.807, 2.05) is 24.4 Å². The Morgan fingerprint density at radius 1 is 1.19 bits per heavy atom. The maximum absolute atomic E-state index is 13.9. The van der Waals surface area contributed by atoms with Gasteiger partial charge in [-0.15, -0.1) is 0 Å². The number of hydrogen-bond donors (Lipinski definition) is 0. The van der Waals surface area contributed by atoms with Gasteiger partial charge in [-0.2, -0.15) is 5.26 Å². The molecular weight excluding hydrogens is 329 g/mol. The quantitative estimate of drug-likeness (QED) is 0.844. The van der Waals surface area contributed by atoms with Gasteiger partial charge in [0, 0.05) is 38.3 Å². The first-order chi connectivity index (χ1) is 12.7. The lowest BCUT2D eigenvalue weighted by molar-refractivity contribution is 0.479. The summed E-state index contributed by atoms with van der Waals surface area (Å²) in [5.41, 5.74) is 0.843. The Bertz CT molecular complexity index is 834. The number of anilines is 2. The van der Waals surface area contributed by atoms with Crippen molar-refractivity contribution in [1.29, 1.82) is 5.26 Å². The van der Waals surface area contributed by atoms with Gasteiger partial charge in [-0.05, 0) is 43.9 Å². The zero-order valence-corrected chi connectivity index (χ0v) is 14.9. The predicted molar refractivity (Wildman–Crippen MR) is 98.8 cm³/mol. The van der Waals surface area contributed by atoms with Crippen molar-refractivity contribution in [1.82, 2.24) is 9.97 Å². The Morgan fingerprint density at radius 2 is 1.96 bits per heavy atom. The molecule has 0 N–H and O–H groups in total. The molecule has 1 aromatic carbocycles. The number of rotatable bonds is 4. The number of nitrogens with zero attached hydrogens (tertiary/aromatic N) is 5. The second-order valence-corrected chi connectivity index (χ2v) is 7.12. The Kier molecular flexibility index (Phi) is 4.46. The molecule has 0 spiro atoms. The van der Waals surface area contributed by atoms with Crippen molar-refractivity contribution in [3.63, 3.8) is 0 Å². The maximum atomic E-state index is 13.9. The molecule has 1 saturated carbocycles. The third kappa shape index (κ3) is 3.22. The van der Waals surface area contributed by atoms with Crippen LogP contribution in [0.2, 0.25) is 0 Å². The van der Waals surface area contributed by atoms with Crippen LogP contribution in [0.5, 0.6) is 0 Å². The van der Waals surface area contributed by atoms with Crippen molar-refractivity contribution >= 4 is 11.5 Å². The number of aromatic nitrogens is 2. The number of piperidine rings is 1. The van der Waals surface area contributed by atoms with Gasteiger partial charge >= 0.3 is 0 Å². The summed E-state index contributed by atoms with van der Waals surface area (Å²) in [6, 6.07) is 9.20. The minimum absolute atomic E-state index is 0.143. The molecule has 2 fully saturated rings. The summed E-state index contributed by atoms with van der Waals surface area (Å²) in [5, 5.41) is 9.26. The zero-order chi connectivity index (χ0) is 18.1. The molecule has 0 atom stereocenters. The van der Waals surface area contributed by atoms with Gasteiger partial charge in [0.15, 0.2) is 0 Å². The highest BCUT2D eigenvalue weighted by atomic mass is 19.1. The first kappa shape index (κ1) is 16.8. The van der Waals surface area contributed by atoms with Crippen LogP contribution in [-0.2, 0) is 0 Å². The first-order valence-corrected chi connectivity index (χ1v) is 9.16. The van der Waals surface area contributed by atoms with Crippen molar-refractivity contribution in [2.45, 2.75) is 37.6 Å². The van der Waals surface area contributed by atoms with Crippen LogP contribution in [0.4, 0.5) is 15.9 Å². The molecule has 1 aliphatic carbocycles. The van der Waals surface area contributed by atoms with Crippen LogP contribution in [0.25, 0.3) is 0 Å². The summed E-state index contributed by atoms with van der Waals surface area (Å²) in [7, 11) is 2.09. The summed E-state index contributed by atoms with van der Waals surface area (Å²) in [4.78, 5) is 13.5. The van der Waals surface area contributed by atoms with Gasteiger partial charge in [0.25, 0.3) is 0 Å². The molecule has 4 rings (SSSR count). The van der Waals surface area contributed by atoms with Gasteiger partial charge in [0.1, 0.15) is 29.1 Å². The lowest BCUT2D eigenvalue weighted by Crippen LogP contribution is -2.44. The molecular formula is C20H22FN5. The van der Waals surface area contributed by atoms with Gasteiger partial charge in [0.2, 0.25) is 0 Å². The van der Waals surface area contributed by atoms with Crippen LogP contribution in [-0.4, -0.2) is 36.1 Å². The van der Waals surface area contributed by atoms with E-state index in [0.29, 0.717) is 17.6 Å². The summed E-state index contributed by atoms with van der Waals surface area (Å²) in [6.07, 6.45) is 6.13. The van der Waals surface area contributed by atoms with Gasteiger partial charge in [0.05, 0.1) is 5.69 Å². The Balaban J connectivity index is 1.44. The molecule has 5 nitrogen and oxygen atoms in total. The van der Waals surface area contributed by atoms with E-state index in [9.17, 15) is 9.65 Å². The second kappa shape index (κ2) is 6.91. The maximum Gasteiger partial charge on any atom is 0.143 e. The third-order valence-electron chi connectivity index (χ3n) is 5.42. The van der Waals surface area contributed by atoms with E-state index >= 15 is 0 Å². The predicted octanol–water partition coefficient (Wildman–Crippen LogP) is 3.47. The van der Waals surface area contributed by atoms with Crippen LogP contribution in [0.1, 0.15) is 43.0 Å². The molecule has 1 aliphatic heterocycles. The van der Waals surface area contributed by atoms with Crippen LogP contribution < -0.4 is 9.80 Å². The molecule has 2 aliphatic rings. The molecule has 26 heavy (non-hydrogen) atoms. The summed E-state index contributed by atoms with van der Waals surface area (Å²) in [6.45, 7) is 1.60. The van der Waals surface area contributed by atoms with E-state index in [2.05, 4.69) is 21.8 Å². The molecule has 0 amide bonds. The highest BCUT2D eigenvalue weighted by Gasteiger charge is 2.29. The summed E-state index contributed by atoms with van der Waals surface area (Å²) >= 11 is 0. The van der Waals surface area contributed by atoms with E-state index in [4.69, 9.17) is 4.98 Å². The average molecular weight is 351 g/mol. The monoisotopic (exact) mass is 351 g/mol. The van der Waals surface area contributed by atoms with E-state index in [1.54, 1.807) is 6.07 Å². The SMILES string of the molecule is CN(c1ccnc(C2CC2)n1)C1CCN(c2cccc(F)c2C#N)CC1. The normalized spacial score (nSPS) is 17.8. The van der Waals surface area contributed by atoms with Crippen molar-refractivity contribution in [2.75, 3.05) is 29.9 Å². The largest absolute Gasteiger partial charge is 0.370 e. The van der Waals surface area contributed by atoms with Crippen molar-refractivity contribution < 1.29 is 4.39 Å². The molecule has 0 radical (unpaired) electrons. The van der Waals surface area contributed by atoms with Crippen LogP contribution in [0.3, 0.4) is 0 Å². The minimum Gasteiger partial charge on any atom is -0.370 e. The molecule has 2 heterocycles. The van der Waals surface area contributed by atoms with Gasteiger partial charge in [-0.3, -0.25) is 0 Å². The standard InChI is InChI=1S/C20H22FN5/c1-25(19-7-10-23-20(24-19)14-5-6-14)15-8-11-26(12-9-15)18-4-2-3-17(21)16(18)13-22/h2-4,7,10,14-15H,5-6,8-9,11-12H2,1H3. The lowest BCUT2D eigenvalue weighted by Gasteiger charge is -2.38. The van der Waals surface area contributed by atoms with E-state index in [0.717, 1.165) is 37.6 Å². The van der Waals surface area contributed by atoms with Gasteiger partial charge < -0.3 is 9.80 Å². The van der Waals surface area contributed by atoms with E-state index in [1.165, 1.54) is 18.9 Å². The number of benzene rings is 1. The van der Waals surface area contributed by atoms with Crippen molar-refractivity contribution in [3.05, 3.63) is 47.7 Å². The van der Waals surface area contributed by atoms with Crippen molar-refractivity contribution in [2.24, 2.45) is 0 Å². The molecule has 134 valence electrons. The molecule has 2 aromatic rings. The van der Waals surface area contributed by atoms with Crippen molar-refractivity contribution in [3.8, 4) is 6.07 Å². The fourth-order valence-electron chi connectivity index (χ4n) is 3.67. The molecule has 0 bridgehead atoms. The fourth-order valence-corrected chi connectivity index (χ4v) is 3.67. The topological polar surface area (TPSA) is 56.1 Å². The smallest absolute Gasteiger partial charge is 0.143 e. The van der Waals surface area contributed by atoms with E-state index in [-0.39, 0.29) is 5.56 Å². The second-order valence-electron chi connectivity index (χ2n) is 7.12. The Labute approximate surface area is 153 Å². The van der Waals surface area contributed by atoms with Gasteiger partial charge in [-0.1, -0.05) is 6.07 Å². The first-order valence-electron chi connectivity index (χ1n) is 9.16. The van der Waals surface area contributed by atoms with E-state index < -0.39 is 5.82 Å². The molecule has 1 saturated heterocycles. The minimum atomic E-state index is -0.446. The Hall–Kier alpha value is -2.68. The fraction of sp³-hybridized carbons (Fsp3) is 0.450. The number of halogens is 1. The highest BCUT2D eigenvalue weighted by molar-refractivity contribution is 5.60. The highest BCUT2D eigenvalue weighted by Crippen LogP contribution is 2.38. The van der Waals surface area contributed by atoms with Gasteiger partial charge in [-0.25, -0.2) is 14.4 Å². The average Bonchev–Trinajstić information content (AvgIpc) is 3.53. The summed E-state index contributed by atoms with van der Waals surface area (Å²) in [5.74, 6) is 2.04. The number of nitriles is 1. The molecule has 0 unspecified atom stereocenters. The lowest BCUT2D eigenvalue weighted by atomic mass is 10.0. The van der Waals surface area contributed by atoms with Crippen LogP contribution in [0.15, 0.2) is 30.5 Å². The molecule has 1 aromatic heterocycles. The Morgan fingerprint density at radius 3 is 2.65 bits per heavy atom. The van der Waals surface area contributed by atoms with Crippen LogP contribution in [0, 0.1) is 17.1 Å². The number of hydrogen-bond acceptors (Lipinski definition) is 5. The molecule has 6 heteroatoms. The summed E-state index contributed by atoms with van der Waals surface area (Å²) < 4.78 is 13.9.